The van der Waals surface area contributed by atoms with Gasteiger partial charge in [0.15, 0.2) is 0 Å². The number of rotatable bonds is 1. The lowest BCUT2D eigenvalue weighted by molar-refractivity contribution is -0.142. The molecular formula is C9H13N2O2. The van der Waals surface area contributed by atoms with Gasteiger partial charge in [0.25, 0.3) is 5.91 Å². The van der Waals surface area contributed by atoms with Gasteiger partial charge in [-0.25, -0.2) is 0 Å². The maximum absolute atomic E-state index is 11.7. The molecule has 1 unspecified atom stereocenters. The van der Waals surface area contributed by atoms with Crippen LogP contribution in [0.4, 0.5) is 0 Å². The largest absolute Gasteiger partial charge is 0.382 e. The Morgan fingerprint density at radius 3 is 2.85 bits per heavy atom. The Kier molecular flexibility index (Phi) is 2.47. The molecule has 0 aliphatic carbocycles. The van der Waals surface area contributed by atoms with Crippen LogP contribution in [0.25, 0.3) is 0 Å². The van der Waals surface area contributed by atoms with Gasteiger partial charge in [0.05, 0.1) is 0 Å². The van der Waals surface area contributed by atoms with E-state index in [-0.39, 0.29) is 12.0 Å². The fourth-order valence-electron chi connectivity index (χ4n) is 1.62. The molecule has 0 aromatic carbocycles. The molecule has 0 bridgehead atoms. The highest BCUT2D eigenvalue weighted by Gasteiger charge is 2.28. The number of amides is 1. The van der Waals surface area contributed by atoms with Crippen molar-refractivity contribution in [2.75, 3.05) is 13.1 Å². The number of oxime groups is 1. The van der Waals surface area contributed by atoms with E-state index in [0.717, 1.165) is 25.9 Å². The van der Waals surface area contributed by atoms with Gasteiger partial charge in [0, 0.05) is 25.7 Å². The molecule has 2 aliphatic rings. The standard InChI is InChI=1S/C9H13N2O2/c12-9(8-4-5-10-13-8)11-6-2-1-3-7-11/h1,5,8H,2-4,6-7H2. The minimum absolute atomic E-state index is 0.0885. The molecule has 0 aromatic rings. The summed E-state index contributed by atoms with van der Waals surface area (Å²) in [5, 5.41) is 3.60. The van der Waals surface area contributed by atoms with Crippen LogP contribution in [-0.4, -0.2) is 36.2 Å². The predicted molar refractivity (Wildman–Crippen MR) is 48.1 cm³/mol. The molecule has 1 radical (unpaired) electrons. The number of hydrogen-bond acceptors (Lipinski definition) is 3. The number of nitrogens with zero attached hydrogens (tertiary/aromatic N) is 2. The van der Waals surface area contributed by atoms with E-state index in [1.165, 1.54) is 0 Å². The fraction of sp³-hybridized carbons (Fsp3) is 0.667. The van der Waals surface area contributed by atoms with Crippen molar-refractivity contribution in [3.63, 3.8) is 0 Å². The molecule has 0 spiro atoms. The van der Waals surface area contributed by atoms with Crippen LogP contribution in [0, 0.1) is 6.42 Å². The van der Waals surface area contributed by atoms with Crippen molar-refractivity contribution >= 4 is 12.1 Å². The average Bonchev–Trinajstić information content (AvgIpc) is 2.71. The van der Waals surface area contributed by atoms with E-state index in [9.17, 15) is 4.79 Å². The van der Waals surface area contributed by atoms with Gasteiger partial charge < -0.3 is 9.74 Å². The molecule has 1 amide bonds. The first-order valence-electron chi connectivity index (χ1n) is 4.66. The van der Waals surface area contributed by atoms with Crippen LogP contribution in [-0.2, 0) is 9.63 Å². The minimum Gasteiger partial charge on any atom is -0.382 e. The summed E-state index contributed by atoms with van der Waals surface area (Å²) in [6, 6.07) is 0. The molecular weight excluding hydrogens is 168 g/mol. The van der Waals surface area contributed by atoms with E-state index >= 15 is 0 Å². The smallest absolute Gasteiger partial charge is 0.266 e. The van der Waals surface area contributed by atoms with E-state index in [4.69, 9.17) is 4.84 Å². The van der Waals surface area contributed by atoms with Crippen molar-refractivity contribution in [2.45, 2.75) is 25.4 Å². The second-order valence-corrected chi connectivity index (χ2v) is 3.31. The summed E-state index contributed by atoms with van der Waals surface area (Å²) in [5.41, 5.74) is 0. The van der Waals surface area contributed by atoms with Crippen LogP contribution in [0.2, 0.25) is 0 Å². The Balaban J connectivity index is 1.88. The van der Waals surface area contributed by atoms with Gasteiger partial charge in [-0.1, -0.05) is 5.16 Å². The molecule has 2 rings (SSSR count). The molecule has 2 heterocycles. The van der Waals surface area contributed by atoms with Crippen molar-refractivity contribution in [3.05, 3.63) is 6.42 Å². The lowest BCUT2D eigenvalue weighted by Gasteiger charge is -2.27. The molecule has 4 heteroatoms. The highest BCUT2D eigenvalue weighted by atomic mass is 16.6. The number of piperidine rings is 1. The average molecular weight is 181 g/mol. The van der Waals surface area contributed by atoms with Gasteiger partial charge in [-0.15, -0.1) is 0 Å². The van der Waals surface area contributed by atoms with E-state index < -0.39 is 0 Å². The van der Waals surface area contributed by atoms with Crippen LogP contribution in [0.1, 0.15) is 19.3 Å². The quantitative estimate of drug-likeness (QED) is 0.594. The first-order valence-corrected chi connectivity index (χ1v) is 4.66. The van der Waals surface area contributed by atoms with Crippen molar-refractivity contribution in [1.29, 1.82) is 0 Å². The molecule has 13 heavy (non-hydrogen) atoms. The van der Waals surface area contributed by atoms with Gasteiger partial charge in [-0.05, 0) is 19.3 Å². The Hall–Kier alpha value is -1.06. The molecule has 1 fully saturated rings. The summed E-state index contributed by atoms with van der Waals surface area (Å²) in [6.07, 6.45) is 6.14. The molecule has 0 saturated carbocycles. The Bertz CT molecular complexity index is 214. The van der Waals surface area contributed by atoms with Gasteiger partial charge in [0.2, 0.25) is 6.10 Å². The van der Waals surface area contributed by atoms with Gasteiger partial charge in [-0.3, -0.25) is 4.79 Å². The first kappa shape index (κ1) is 8.53. The van der Waals surface area contributed by atoms with E-state index in [0.29, 0.717) is 6.42 Å². The third-order valence-electron chi connectivity index (χ3n) is 2.38. The van der Waals surface area contributed by atoms with Crippen LogP contribution in [0.5, 0.6) is 0 Å². The van der Waals surface area contributed by atoms with Crippen LogP contribution >= 0.6 is 0 Å². The van der Waals surface area contributed by atoms with Crippen LogP contribution in [0.15, 0.2) is 5.16 Å². The molecule has 71 valence electrons. The number of likely N-dealkylation sites (tertiary alicyclic amines) is 1. The molecule has 1 atom stereocenters. The molecule has 0 N–H and O–H groups in total. The van der Waals surface area contributed by atoms with Crippen LogP contribution in [0.3, 0.4) is 0 Å². The predicted octanol–water partition coefficient (Wildman–Crippen LogP) is 0.588. The molecule has 1 saturated heterocycles. The summed E-state index contributed by atoms with van der Waals surface area (Å²) in [6.45, 7) is 1.66. The Morgan fingerprint density at radius 1 is 1.46 bits per heavy atom. The second kappa shape index (κ2) is 3.77. The molecule has 0 aromatic heterocycles. The zero-order chi connectivity index (χ0) is 9.10. The van der Waals surface area contributed by atoms with Crippen LogP contribution < -0.4 is 0 Å². The lowest BCUT2D eigenvalue weighted by Crippen LogP contribution is -2.42. The minimum atomic E-state index is -0.349. The lowest BCUT2D eigenvalue weighted by atomic mass is 10.1. The van der Waals surface area contributed by atoms with E-state index in [2.05, 4.69) is 11.6 Å². The zero-order valence-electron chi connectivity index (χ0n) is 7.48. The maximum Gasteiger partial charge on any atom is 0.266 e. The SMILES string of the molecule is O=C(C1CC=NO1)N1CC[CH]CC1. The summed E-state index contributed by atoms with van der Waals surface area (Å²) in [7, 11) is 0. The van der Waals surface area contributed by atoms with Crippen molar-refractivity contribution in [2.24, 2.45) is 5.16 Å². The second-order valence-electron chi connectivity index (χ2n) is 3.31. The number of carbonyl (C=O) groups is 1. The van der Waals surface area contributed by atoms with Crippen molar-refractivity contribution in [1.82, 2.24) is 4.90 Å². The highest BCUT2D eigenvalue weighted by Crippen LogP contribution is 2.13. The third-order valence-corrected chi connectivity index (χ3v) is 2.38. The third kappa shape index (κ3) is 1.82. The maximum atomic E-state index is 11.7. The topological polar surface area (TPSA) is 41.9 Å². The number of carbonyl (C=O) groups excluding carboxylic acids is 1. The van der Waals surface area contributed by atoms with Crippen molar-refractivity contribution < 1.29 is 9.63 Å². The number of hydrogen-bond donors (Lipinski definition) is 0. The summed E-state index contributed by atoms with van der Waals surface area (Å²) in [5.74, 6) is 0.0885. The fourth-order valence-corrected chi connectivity index (χ4v) is 1.62. The Morgan fingerprint density at radius 2 is 2.23 bits per heavy atom. The zero-order valence-corrected chi connectivity index (χ0v) is 7.48. The van der Waals surface area contributed by atoms with Crippen molar-refractivity contribution in [3.8, 4) is 0 Å². The summed E-state index contributed by atoms with van der Waals surface area (Å²) >= 11 is 0. The highest BCUT2D eigenvalue weighted by molar-refractivity contribution is 5.84. The summed E-state index contributed by atoms with van der Waals surface area (Å²) in [4.78, 5) is 18.5. The van der Waals surface area contributed by atoms with Gasteiger partial charge in [0.1, 0.15) is 0 Å². The van der Waals surface area contributed by atoms with E-state index in [1.807, 2.05) is 4.90 Å². The van der Waals surface area contributed by atoms with Gasteiger partial charge >= 0.3 is 0 Å². The normalized spacial score (nSPS) is 27.4. The van der Waals surface area contributed by atoms with E-state index in [1.54, 1.807) is 6.21 Å². The monoisotopic (exact) mass is 181 g/mol. The molecule has 4 nitrogen and oxygen atoms in total. The molecule has 2 aliphatic heterocycles. The summed E-state index contributed by atoms with van der Waals surface area (Å²) < 4.78 is 0. The van der Waals surface area contributed by atoms with Gasteiger partial charge in [-0.2, -0.15) is 0 Å². The Labute approximate surface area is 77.5 Å². The first-order chi connectivity index (χ1) is 6.38.